The van der Waals surface area contributed by atoms with Crippen LogP contribution in [0.4, 0.5) is 5.69 Å². The number of nitrogens with one attached hydrogen (secondary N) is 1. The van der Waals surface area contributed by atoms with Gasteiger partial charge in [-0.05, 0) is 29.7 Å². The minimum absolute atomic E-state index is 0.0121. The van der Waals surface area contributed by atoms with Crippen molar-refractivity contribution in [2.45, 2.75) is 26.3 Å². The van der Waals surface area contributed by atoms with E-state index in [0.29, 0.717) is 24.7 Å². The van der Waals surface area contributed by atoms with Gasteiger partial charge >= 0.3 is 0 Å². The van der Waals surface area contributed by atoms with Gasteiger partial charge in [0.15, 0.2) is 11.5 Å². The number of carbonyl (C=O) groups is 3. The van der Waals surface area contributed by atoms with Crippen LogP contribution in [0, 0.1) is 16.0 Å². The van der Waals surface area contributed by atoms with Crippen molar-refractivity contribution in [2.75, 3.05) is 19.8 Å². The zero-order chi connectivity index (χ0) is 23.7. The molecule has 0 fully saturated rings. The average molecular weight is 453 g/mol. The fraction of sp³-hybridized carbons (Fsp3) is 0.348. The monoisotopic (exact) mass is 453 g/mol. The van der Waals surface area contributed by atoms with E-state index in [1.54, 1.807) is 6.07 Å². The van der Waals surface area contributed by atoms with E-state index in [2.05, 4.69) is 5.32 Å². The number of ether oxygens (including phenoxy) is 2. The Morgan fingerprint density at radius 1 is 1.12 bits per heavy atom. The molecule has 1 N–H and O–H groups in total. The maximum Gasteiger partial charge on any atom is 0.282 e. The number of fused-ring (bicyclic) bond motifs is 2. The van der Waals surface area contributed by atoms with Gasteiger partial charge < -0.3 is 14.8 Å². The molecule has 0 spiro atoms. The molecule has 0 aliphatic carbocycles. The molecule has 10 heteroatoms. The zero-order valence-electron chi connectivity index (χ0n) is 18.2. The zero-order valence-corrected chi connectivity index (χ0v) is 18.2. The topological polar surface area (TPSA) is 128 Å². The standard InChI is InChI=1S/C23H23N3O7/c1-13(2)21(14-7-8-17-18(11-14)33-10-4-9-32-17)24-19(27)12-25-22(28)15-5-3-6-16(26(30)31)20(15)23(25)29/h3,5-8,11,13,21H,4,9-10,12H2,1-2H3,(H,24,27)/t21-/m1/s1. The molecule has 2 aliphatic rings. The summed E-state index contributed by atoms with van der Waals surface area (Å²) in [4.78, 5) is 49.5. The summed E-state index contributed by atoms with van der Waals surface area (Å²) < 4.78 is 11.4. The molecule has 2 aromatic carbocycles. The first kappa shape index (κ1) is 22.3. The molecule has 33 heavy (non-hydrogen) atoms. The number of rotatable bonds is 6. The number of carbonyl (C=O) groups excluding carboxylic acids is 3. The summed E-state index contributed by atoms with van der Waals surface area (Å²) in [5, 5.41) is 14.1. The number of nitrogens with zero attached hydrogens (tertiary/aromatic N) is 2. The van der Waals surface area contributed by atoms with Crippen molar-refractivity contribution in [3.05, 3.63) is 63.2 Å². The van der Waals surface area contributed by atoms with Crippen LogP contribution < -0.4 is 14.8 Å². The van der Waals surface area contributed by atoms with E-state index in [0.717, 1.165) is 23.0 Å². The van der Waals surface area contributed by atoms with Crippen molar-refractivity contribution >= 4 is 23.4 Å². The highest BCUT2D eigenvalue weighted by Crippen LogP contribution is 2.34. The van der Waals surface area contributed by atoms with Crippen molar-refractivity contribution in [3.63, 3.8) is 0 Å². The molecule has 172 valence electrons. The average Bonchev–Trinajstić information content (AvgIpc) is 2.94. The van der Waals surface area contributed by atoms with Crippen LogP contribution in [0.5, 0.6) is 11.5 Å². The van der Waals surface area contributed by atoms with Crippen LogP contribution in [-0.2, 0) is 4.79 Å². The summed E-state index contributed by atoms with van der Waals surface area (Å²) >= 11 is 0. The summed E-state index contributed by atoms with van der Waals surface area (Å²) in [7, 11) is 0. The molecule has 2 aliphatic heterocycles. The second-order valence-electron chi connectivity index (χ2n) is 8.20. The molecule has 0 saturated heterocycles. The Kier molecular flexibility index (Phi) is 5.99. The maximum atomic E-state index is 12.8. The van der Waals surface area contributed by atoms with Crippen LogP contribution >= 0.6 is 0 Å². The van der Waals surface area contributed by atoms with E-state index in [1.807, 2.05) is 26.0 Å². The molecule has 1 atom stereocenters. The quantitative estimate of drug-likeness (QED) is 0.405. The van der Waals surface area contributed by atoms with E-state index in [4.69, 9.17) is 9.47 Å². The highest BCUT2D eigenvalue weighted by atomic mass is 16.6. The van der Waals surface area contributed by atoms with Gasteiger partial charge in [-0.3, -0.25) is 29.4 Å². The molecule has 10 nitrogen and oxygen atoms in total. The van der Waals surface area contributed by atoms with Crippen LogP contribution in [-0.4, -0.2) is 47.3 Å². The number of nitro groups is 1. The first-order valence-corrected chi connectivity index (χ1v) is 10.6. The largest absolute Gasteiger partial charge is 0.490 e. The van der Waals surface area contributed by atoms with E-state index in [-0.39, 0.29) is 17.0 Å². The third kappa shape index (κ3) is 4.23. The second kappa shape index (κ2) is 8.89. The third-order valence-corrected chi connectivity index (χ3v) is 5.59. The minimum atomic E-state index is -0.853. The lowest BCUT2D eigenvalue weighted by Crippen LogP contribution is -2.42. The molecule has 0 bridgehead atoms. The van der Waals surface area contributed by atoms with E-state index >= 15 is 0 Å². The Balaban J connectivity index is 1.52. The van der Waals surface area contributed by atoms with E-state index in [9.17, 15) is 24.5 Å². The molecule has 4 rings (SSSR count). The highest BCUT2D eigenvalue weighted by molar-refractivity contribution is 6.24. The minimum Gasteiger partial charge on any atom is -0.490 e. The van der Waals surface area contributed by atoms with Crippen molar-refractivity contribution in [1.82, 2.24) is 10.2 Å². The summed E-state index contributed by atoms with van der Waals surface area (Å²) in [6.45, 7) is 4.41. The van der Waals surface area contributed by atoms with Gasteiger partial charge in [-0.25, -0.2) is 0 Å². The van der Waals surface area contributed by atoms with Crippen LogP contribution in [0.15, 0.2) is 36.4 Å². The lowest BCUT2D eigenvalue weighted by Gasteiger charge is -2.25. The highest BCUT2D eigenvalue weighted by Gasteiger charge is 2.41. The number of hydrogen-bond acceptors (Lipinski definition) is 7. The lowest BCUT2D eigenvalue weighted by molar-refractivity contribution is -0.385. The van der Waals surface area contributed by atoms with Crippen molar-refractivity contribution in [1.29, 1.82) is 0 Å². The molecule has 2 heterocycles. The van der Waals surface area contributed by atoms with Crippen LogP contribution in [0.25, 0.3) is 0 Å². The van der Waals surface area contributed by atoms with Gasteiger partial charge in [0, 0.05) is 12.5 Å². The molecule has 0 unspecified atom stereocenters. The molecule has 3 amide bonds. The number of hydrogen-bond donors (Lipinski definition) is 1. The first-order chi connectivity index (χ1) is 15.8. The second-order valence-corrected chi connectivity index (χ2v) is 8.20. The first-order valence-electron chi connectivity index (χ1n) is 10.6. The van der Waals surface area contributed by atoms with Gasteiger partial charge in [-0.15, -0.1) is 0 Å². The molecule has 0 radical (unpaired) electrons. The fourth-order valence-electron chi connectivity index (χ4n) is 3.98. The number of nitro benzene ring substituents is 1. The van der Waals surface area contributed by atoms with Crippen LogP contribution in [0.3, 0.4) is 0 Å². The number of amides is 3. The summed E-state index contributed by atoms with van der Waals surface area (Å²) in [6.07, 6.45) is 0.771. The number of benzene rings is 2. The van der Waals surface area contributed by atoms with Crippen molar-refractivity contribution in [2.24, 2.45) is 5.92 Å². The molecule has 2 aromatic rings. The summed E-state index contributed by atoms with van der Waals surface area (Å²) in [5.74, 6) is -0.921. The Bertz CT molecular complexity index is 1140. The van der Waals surface area contributed by atoms with E-state index < -0.39 is 40.9 Å². The molecular formula is C23H23N3O7. The molecule has 0 aromatic heterocycles. The Hall–Kier alpha value is -3.95. The summed E-state index contributed by atoms with van der Waals surface area (Å²) in [6, 6.07) is 8.87. The van der Waals surface area contributed by atoms with Crippen LogP contribution in [0.1, 0.15) is 52.6 Å². The van der Waals surface area contributed by atoms with Gasteiger partial charge in [0.05, 0.1) is 29.7 Å². The third-order valence-electron chi connectivity index (χ3n) is 5.59. The van der Waals surface area contributed by atoms with Gasteiger partial charge in [0.2, 0.25) is 5.91 Å². The predicted octanol–water partition coefficient (Wildman–Crippen LogP) is 2.87. The predicted molar refractivity (Wildman–Crippen MR) is 116 cm³/mol. The van der Waals surface area contributed by atoms with Gasteiger partial charge in [0.25, 0.3) is 17.5 Å². The van der Waals surface area contributed by atoms with Gasteiger partial charge in [-0.2, -0.15) is 0 Å². The SMILES string of the molecule is CC(C)[C@@H](NC(=O)CN1C(=O)c2cccc([N+](=O)[O-])c2C1=O)c1ccc2c(c1)OCCCO2. The Labute approximate surface area is 189 Å². The van der Waals surface area contributed by atoms with Crippen molar-refractivity contribution < 1.29 is 28.8 Å². The van der Waals surface area contributed by atoms with Gasteiger partial charge in [-0.1, -0.05) is 26.0 Å². The Morgan fingerprint density at radius 3 is 2.55 bits per heavy atom. The van der Waals surface area contributed by atoms with E-state index in [1.165, 1.54) is 12.1 Å². The maximum absolute atomic E-state index is 12.8. The number of imide groups is 1. The fourth-order valence-corrected chi connectivity index (χ4v) is 3.98. The van der Waals surface area contributed by atoms with Gasteiger partial charge in [0.1, 0.15) is 12.1 Å². The van der Waals surface area contributed by atoms with Crippen LogP contribution in [0.2, 0.25) is 0 Å². The molecule has 0 saturated carbocycles. The lowest BCUT2D eigenvalue weighted by atomic mass is 9.95. The Morgan fingerprint density at radius 2 is 1.85 bits per heavy atom. The summed E-state index contributed by atoms with van der Waals surface area (Å²) in [5.41, 5.74) is -0.0319. The molecular weight excluding hydrogens is 430 g/mol. The van der Waals surface area contributed by atoms with Crippen molar-refractivity contribution in [3.8, 4) is 11.5 Å². The smallest absolute Gasteiger partial charge is 0.282 e. The normalized spacial score (nSPS) is 15.8.